The lowest BCUT2D eigenvalue weighted by molar-refractivity contribution is -0.132. The first kappa shape index (κ1) is 18.0. The zero-order valence-electron chi connectivity index (χ0n) is 13.9. The minimum atomic E-state index is -1.66. The molecule has 1 aliphatic heterocycles. The summed E-state index contributed by atoms with van der Waals surface area (Å²) in [5.74, 6) is -4.56. The van der Waals surface area contributed by atoms with Crippen LogP contribution >= 0.6 is 0 Å². The second-order valence-corrected chi connectivity index (χ2v) is 5.98. The van der Waals surface area contributed by atoms with Gasteiger partial charge in [-0.05, 0) is 24.3 Å². The van der Waals surface area contributed by atoms with Crippen LogP contribution in [0.1, 0.15) is 22.5 Å². The molecule has 0 unspecified atom stereocenters. The quantitative estimate of drug-likeness (QED) is 0.782. The van der Waals surface area contributed by atoms with Crippen molar-refractivity contribution in [3.63, 3.8) is 0 Å². The summed E-state index contributed by atoms with van der Waals surface area (Å²) in [7, 11) is 0. The van der Waals surface area contributed by atoms with Gasteiger partial charge < -0.3 is 14.2 Å². The number of carbonyl (C=O) groups excluding carboxylic acids is 2. The largest absolute Gasteiger partial charge is 0.469 e. The summed E-state index contributed by atoms with van der Waals surface area (Å²) in [5, 5.41) is 0. The Hall–Kier alpha value is -2.77. The van der Waals surface area contributed by atoms with Crippen LogP contribution in [-0.4, -0.2) is 47.8 Å². The lowest BCUT2D eigenvalue weighted by atomic mass is 10.1. The molecule has 0 bridgehead atoms. The highest BCUT2D eigenvalue weighted by Gasteiger charge is 2.27. The average Bonchev–Trinajstić information content (AvgIpc) is 3.17. The molecule has 2 heterocycles. The number of hydrogen-bond donors (Lipinski definition) is 0. The molecule has 1 aliphatic rings. The molecule has 3 rings (SSSR count). The molecule has 0 saturated carbocycles. The molecule has 2 amide bonds. The van der Waals surface area contributed by atoms with Gasteiger partial charge in [-0.1, -0.05) is 0 Å². The van der Waals surface area contributed by atoms with Gasteiger partial charge in [0.05, 0.1) is 11.8 Å². The molecule has 0 aliphatic carbocycles. The number of furan rings is 1. The monoisotopic (exact) mass is 366 g/mol. The standard InChI is InChI=1S/C18H17F3N2O3/c19-14-5-4-13(16(20)17(14)21)18(25)23-9-7-22(8-10-23)15(24)6-3-12-2-1-11-26-12/h1-2,4-5,11H,3,6-10H2. The lowest BCUT2D eigenvalue weighted by Gasteiger charge is -2.35. The van der Waals surface area contributed by atoms with E-state index >= 15 is 0 Å². The van der Waals surface area contributed by atoms with Crippen LogP contribution < -0.4 is 0 Å². The maximum absolute atomic E-state index is 13.8. The Morgan fingerprint density at radius 3 is 2.31 bits per heavy atom. The van der Waals surface area contributed by atoms with Gasteiger partial charge >= 0.3 is 0 Å². The van der Waals surface area contributed by atoms with E-state index in [2.05, 4.69) is 0 Å². The molecule has 2 aromatic rings. The molecule has 0 atom stereocenters. The highest BCUT2D eigenvalue weighted by atomic mass is 19.2. The van der Waals surface area contributed by atoms with Gasteiger partial charge in [-0.25, -0.2) is 13.2 Å². The van der Waals surface area contributed by atoms with Gasteiger partial charge in [-0.2, -0.15) is 0 Å². The number of aryl methyl sites for hydroxylation is 1. The van der Waals surface area contributed by atoms with E-state index in [4.69, 9.17) is 4.42 Å². The average molecular weight is 366 g/mol. The Morgan fingerprint density at radius 2 is 1.65 bits per heavy atom. The number of benzene rings is 1. The summed E-state index contributed by atoms with van der Waals surface area (Å²) in [6.07, 6.45) is 2.33. The Labute approximate surface area is 148 Å². The maximum Gasteiger partial charge on any atom is 0.257 e. The predicted octanol–water partition coefficient (Wildman–Crippen LogP) is 2.61. The summed E-state index contributed by atoms with van der Waals surface area (Å²) in [6, 6.07) is 5.19. The van der Waals surface area contributed by atoms with Gasteiger partial charge in [0.1, 0.15) is 5.76 Å². The van der Waals surface area contributed by atoms with Crippen molar-refractivity contribution in [3.8, 4) is 0 Å². The molecule has 0 spiro atoms. The van der Waals surface area contributed by atoms with E-state index < -0.39 is 28.9 Å². The van der Waals surface area contributed by atoms with E-state index in [1.807, 2.05) is 0 Å². The van der Waals surface area contributed by atoms with E-state index in [0.29, 0.717) is 25.9 Å². The Balaban J connectivity index is 1.55. The van der Waals surface area contributed by atoms with Crippen LogP contribution in [0.2, 0.25) is 0 Å². The van der Waals surface area contributed by atoms with E-state index in [-0.39, 0.29) is 19.0 Å². The fourth-order valence-corrected chi connectivity index (χ4v) is 2.86. The van der Waals surface area contributed by atoms with Gasteiger partial charge in [0, 0.05) is 39.0 Å². The molecule has 138 valence electrons. The molecule has 1 aromatic carbocycles. The van der Waals surface area contributed by atoms with Gasteiger partial charge in [0.2, 0.25) is 5.91 Å². The van der Waals surface area contributed by atoms with Crippen LogP contribution in [0.4, 0.5) is 13.2 Å². The van der Waals surface area contributed by atoms with Crippen molar-refractivity contribution in [2.45, 2.75) is 12.8 Å². The molecule has 5 nitrogen and oxygen atoms in total. The van der Waals surface area contributed by atoms with Crippen LogP contribution in [0.25, 0.3) is 0 Å². The number of piperazine rings is 1. The van der Waals surface area contributed by atoms with Crippen molar-refractivity contribution in [2.24, 2.45) is 0 Å². The smallest absolute Gasteiger partial charge is 0.257 e. The zero-order chi connectivity index (χ0) is 18.7. The number of rotatable bonds is 4. The fraction of sp³-hybridized carbons (Fsp3) is 0.333. The SMILES string of the molecule is O=C(CCc1ccco1)N1CCN(C(=O)c2ccc(F)c(F)c2F)CC1. The number of carbonyl (C=O) groups is 2. The summed E-state index contributed by atoms with van der Waals surface area (Å²) in [5.41, 5.74) is -0.513. The number of amides is 2. The Bertz CT molecular complexity index is 800. The highest BCUT2D eigenvalue weighted by molar-refractivity contribution is 5.94. The van der Waals surface area contributed by atoms with Gasteiger partial charge in [-0.15, -0.1) is 0 Å². The van der Waals surface area contributed by atoms with Crippen molar-refractivity contribution in [3.05, 3.63) is 59.3 Å². The van der Waals surface area contributed by atoms with E-state index in [1.54, 1.807) is 23.3 Å². The number of hydrogen-bond acceptors (Lipinski definition) is 3. The second-order valence-electron chi connectivity index (χ2n) is 5.98. The molecular formula is C18H17F3N2O3. The second kappa shape index (κ2) is 7.63. The van der Waals surface area contributed by atoms with Gasteiger partial charge in [0.25, 0.3) is 5.91 Å². The van der Waals surface area contributed by atoms with Crippen molar-refractivity contribution >= 4 is 11.8 Å². The summed E-state index contributed by atoms with van der Waals surface area (Å²) in [6.45, 7) is 0.996. The van der Waals surface area contributed by atoms with Crippen LogP contribution in [0.5, 0.6) is 0 Å². The minimum Gasteiger partial charge on any atom is -0.469 e. The summed E-state index contributed by atoms with van der Waals surface area (Å²) >= 11 is 0. The van der Waals surface area contributed by atoms with E-state index in [1.165, 1.54) is 4.90 Å². The third kappa shape index (κ3) is 3.74. The number of halogens is 3. The van der Waals surface area contributed by atoms with E-state index in [0.717, 1.165) is 17.9 Å². The molecule has 8 heteroatoms. The first-order valence-corrected chi connectivity index (χ1v) is 8.20. The molecule has 0 N–H and O–H groups in total. The summed E-state index contributed by atoms with van der Waals surface area (Å²) in [4.78, 5) is 27.5. The van der Waals surface area contributed by atoms with Crippen LogP contribution in [0.15, 0.2) is 34.9 Å². The number of nitrogens with zero attached hydrogens (tertiary/aromatic N) is 2. The molecule has 1 fully saturated rings. The molecule has 1 saturated heterocycles. The molecule has 1 aromatic heterocycles. The van der Waals surface area contributed by atoms with Crippen molar-refractivity contribution in [2.75, 3.05) is 26.2 Å². The van der Waals surface area contributed by atoms with Crippen molar-refractivity contribution < 1.29 is 27.2 Å². The zero-order valence-corrected chi connectivity index (χ0v) is 13.9. The first-order chi connectivity index (χ1) is 12.5. The van der Waals surface area contributed by atoms with Crippen LogP contribution in [0, 0.1) is 17.5 Å². The van der Waals surface area contributed by atoms with Crippen LogP contribution in [-0.2, 0) is 11.2 Å². The van der Waals surface area contributed by atoms with Crippen LogP contribution in [0.3, 0.4) is 0 Å². The summed E-state index contributed by atoms with van der Waals surface area (Å²) < 4.78 is 45.2. The first-order valence-electron chi connectivity index (χ1n) is 8.20. The molecule has 26 heavy (non-hydrogen) atoms. The predicted molar refractivity (Wildman–Crippen MR) is 85.8 cm³/mol. The van der Waals surface area contributed by atoms with Crippen molar-refractivity contribution in [1.82, 2.24) is 9.80 Å². The van der Waals surface area contributed by atoms with Gasteiger partial charge in [-0.3, -0.25) is 9.59 Å². The third-order valence-corrected chi connectivity index (χ3v) is 4.35. The van der Waals surface area contributed by atoms with Gasteiger partial charge in [0.15, 0.2) is 17.5 Å². The van der Waals surface area contributed by atoms with E-state index in [9.17, 15) is 22.8 Å². The fourth-order valence-electron chi connectivity index (χ4n) is 2.86. The topological polar surface area (TPSA) is 53.8 Å². The Morgan fingerprint density at radius 1 is 0.962 bits per heavy atom. The minimum absolute atomic E-state index is 0.0625. The molecular weight excluding hydrogens is 349 g/mol. The van der Waals surface area contributed by atoms with Crippen molar-refractivity contribution in [1.29, 1.82) is 0 Å². The highest BCUT2D eigenvalue weighted by Crippen LogP contribution is 2.18. The maximum atomic E-state index is 13.8. The Kier molecular flexibility index (Phi) is 5.29. The third-order valence-electron chi connectivity index (χ3n) is 4.35. The molecule has 0 radical (unpaired) electrons. The lowest BCUT2D eigenvalue weighted by Crippen LogP contribution is -2.50. The normalized spacial score (nSPS) is 14.6.